The van der Waals surface area contributed by atoms with Crippen LogP contribution in [0.3, 0.4) is 0 Å². The van der Waals surface area contributed by atoms with Crippen molar-refractivity contribution in [2.24, 2.45) is 0 Å². The maximum absolute atomic E-state index is 13.3. The molecule has 0 aromatic heterocycles. The first kappa shape index (κ1) is 23.1. The first-order chi connectivity index (χ1) is 15.5. The molecule has 1 unspecified atom stereocenters. The van der Waals surface area contributed by atoms with E-state index in [1.165, 1.54) is 0 Å². The van der Waals surface area contributed by atoms with Gasteiger partial charge >= 0.3 is 0 Å². The highest BCUT2D eigenvalue weighted by Gasteiger charge is 2.30. The molecule has 0 saturated heterocycles. The third-order valence-electron chi connectivity index (χ3n) is 5.55. The van der Waals surface area contributed by atoms with Crippen LogP contribution in [-0.2, 0) is 22.6 Å². The predicted molar refractivity (Wildman–Crippen MR) is 126 cm³/mol. The molecule has 1 N–H and O–H groups in total. The van der Waals surface area contributed by atoms with E-state index in [1.807, 2.05) is 92.7 Å². The van der Waals surface area contributed by atoms with Crippen LogP contribution in [0.4, 0.5) is 0 Å². The summed E-state index contributed by atoms with van der Waals surface area (Å²) in [5, 5.41) is 2.72. The molecule has 0 aliphatic carbocycles. The third-order valence-corrected chi connectivity index (χ3v) is 5.55. The molecule has 5 nitrogen and oxygen atoms in total. The Morgan fingerprint density at radius 3 is 2.09 bits per heavy atom. The minimum Gasteiger partial charge on any atom is -0.484 e. The lowest BCUT2D eigenvalue weighted by Crippen LogP contribution is -2.51. The average molecular weight is 431 g/mol. The molecular formula is C27H30N2O3. The van der Waals surface area contributed by atoms with E-state index in [0.717, 1.165) is 22.3 Å². The Kier molecular flexibility index (Phi) is 8.03. The number of ether oxygens (including phenoxy) is 1. The van der Waals surface area contributed by atoms with Crippen molar-refractivity contribution in [3.8, 4) is 5.75 Å². The van der Waals surface area contributed by atoms with E-state index in [-0.39, 0.29) is 18.4 Å². The zero-order valence-electron chi connectivity index (χ0n) is 18.9. The summed E-state index contributed by atoms with van der Waals surface area (Å²) in [6, 6.07) is 24.5. The number of carbonyl (C=O) groups excluding carboxylic acids is 2. The first-order valence-electron chi connectivity index (χ1n) is 10.8. The van der Waals surface area contributed by atoms with Crippen LogP contribution in [0.25, 0.3) is 0 Å². The van der Waals surface area contributed by atoms with Gasteiger partial charge in [-0.15, -0.1) is 0 Å². The van der Waals surface area contributed by atoms with Crippen LogP contribution < -0.4 is 10.1 Å². The van der Waals surface area contributed by atoms with Crippen molar-refractivity contribution in [3.05, 3.63) is 101 Å². The summed E-state index contributed by atoms with van der Waals surface area (Å²) in [6.45, 7) is 4.22. The fourth-order valence-corrected chi connectivity index (χ4v) is 3.53. The summed E-state index contributed by atoms with van der Waals surface area (Å²) in [4.78, 5) is 27.8. The lowest BCUT2D eigenvalue weighted by atomic mass is 10.0. The van der Waals surface area contributed by atoms with Crippen molar-refractivity contribution in [2.75, 3.05) is 13.7 Å². The molecule has 166 valence electrons. The van der Waals surface area contributed by atoms with Gasteiger partial charge in [0.15, 0.2) is 6.61 Å². The number of benzene rings is 3. The second kappa shape index (κ2) is 11.1. The third kappa shape index (κ3) is 6.20. The van der Waals surface area contributed by atoms with E-state index >= 15 is 0 Å². The van der Waals surface area contributed by atoms with Gasteiger partial charge in [-0.25, -0.2) is 0 Å². The Hall–Kier alpha value is -3.60. The minimum absolute atomic E-state index is 0.141. The van der Waals surface area contributed by atoms with Crippen LogP contribution in [0.2, 0.25) is 0 Å². The van der Waals surface area contributed by atoms with E-state index in [1.54, 1.807) is 11.9 Å². The van der Waals surface area contributed by atoms with Crippen LogP contribution in [0.15, 0.2) is 78.9 Å². The molecule has 0 heterocycles. The molecule has 5 heteroatoms. The summed E-state index contributed by atoms with van der Waals surface area (Å²) in [7, 11) is 1.59. The Bertz CT molecular complexity index is 1040. The normalized spacial score (nSPS) is 11.5. The van der Waals surface area contributed by atoms with Gasteiger partial charge in [0.1, 0.15) is 11.8 Å². The van der Waals surface area contributed by atoms with Crippen molar-refractivity contribution in [2.45, 2.75) is 32.9 Å². The van der Waals surface area contributed by atoms with Crippen molar-refractivity contribution in [1.82, 2.24) is 10.2 Å². The molecule has 0 aliphatic rings. The second-order valence-electron chi connectivity index (χ2n) is 7.86. The number of nitrogens with zero attached hydrogens (tertiary/aromatic N) is 1. The Morgan fingerprint density at radius 1 is 0.875 bits per heavy atom. The summed E-state index contributed by atoms with van der Waals surface area (Å²) >= 11 is 0. The van der Waals surface area contributed by atoms with Gasteiger partial charge in [0.2, 0.25) is 5.91 Å². The molecule has 0 bridgehead atoms. The molecule has 0 spiro atoms. The van der Waals surface area contributed by atoms with Crippen LogP contribution in [-0.4, -0.2) is 36.4 Å². The van der Waals surface area contributed by atoms with Crippen LogP contribution in [0.5, 0.6) is 5.75 Å². The highest BCUT2D eigenvalue weighted by molar-refractivity contribution is 5.88. The number of aryl methyl sites for hydroxylation is 2. The van der Waals surface area contributed by atoms with Crippen LogP contribution >= 0.6 is 0 Å². The zero-order valence-corrected chi connectivity index (χ0v) is 18.9. The quantitative estimate of drug-likeness (QED) is 0.557. The monoisotopic (exact) mass is 430 g/mol. The van der Waals surface area contributed by atoms with E-state index in [9.17, 15) is 9.59 Å². The van der Waals surface area contributed by atoms with Crippen LogP contribution in [0, 0.1) is 13.8 Å². The minimum atomic E-state index is -0.654. The molecule has 0 saturated carbocycles. The summed E-state index contributed by atoms with van der Waals surface area (Å²) in [5.41, 5.74) is 4.20. The van der Waals surface area contributed by atoms with Gasteiger partial charge < -0.3 is 15.0 Å². The van der Waals surface area contributed by atoms with E-state index < -0.39 is 6.04 Å². The molecule has 1 atom stereocenters. The molecule has 32 heavy (non-hydrogen) atoms. The second-order valence-corrected chi connectivity index (χ2v) is 7.86. The number of hydrogen-bond donors (Lipinski definition) is 1. The summed E-state index contributed by atoms with van der Waals surface area (Å²) < 4.78 is 5.81. The lowest BCUT2D eigenvalue weighted by Gasteiger charge is -2.31. The van der Waals surface area contributed by atoms with Gasteiger partial charge in [0, 0.05) is 20.0 Å². The number of likely N-dealkylation sites (N-methyl/N-ethyl adjacent to an activating group) is 1. The van der Waals surface area contributed by atoms with Gasteiger partial charge in [-0.05, 0) is 48.2 Å². The van der Waals surface area contributed by atoms with Crippen molar-refractivity contribution < 1.29 is 14.3 Å². The van der Waals surface area contributed by atoms with Gasteiger partial charge in [-0.3, -0.25) is 9.59 Å². The number of rotatable bonds is 9. The molecule has 0 radical (unpaired) electrons. The molecule has 3 aromatic rings. The molecule has 0 fully saturated rings. The Morgan fingerprint density at radius 2 is 1.50 bits per heavy atom. The molecule has 3 rings (SSSR count). The smallest absolute Gasteiger partial charge is 0.261 e. The van der Waals surface area contributed by atoms with Crippen molar-refractivity contribution >= 4 is 11.8 Å². The van der Waals surface area contributed by atoms with E-state index in [2.05, 4.69) is 5.32 Å². The maximum Gasteiger partial charge on any atom is 0.261 e. The average Bonchev–Trinajstić information content (AvgIpc) is 2.82. The topological polar surface area (TPSA) is 58.6 Å². The Labute approximate surface area is 190 Å². The summed E-state index contributed by atoms with van der Waals surface area (Å²) in [5.74, 6) is 0.196. The molecule has 3 aromatic carbocycles. The number of hydrogen-bond acceptors (Lipinski definition) is 3. The summed E-state index contributed by atoms with van der Waals surface area (Å²) in [6.07, 6.45) is 0.419. The van der Waals surface area contributed by atoms with Gasteiger partial charge in [0.05, 0.1) is 0 Å². The van der Waals surface area contributed by atoms with E-state index in [4.69, 9.17) is 4.74 Å². The Balaban J connectivity index is 1.84. The zero-order chi connectivity index (χ0) is 22.9. The van der Waals surface area contributed by atoms with E-state index in [0.29, 0.717) is 18.7 Å². The fraction of sp³-hybridized carbons (Fsp3) is 0.259. The first-order valence-corrected chi connectivity index (χ1v) is 10.8. The fourth-order valence-electron chi connectivity index (χ4n) is 3.53. The number of nitrogens with one attached hydrogen (secondary N) is 1. The van der Waals surface area contributed by atoms with Crippen molar-refractivity contribution in [3.63, 3.8) is 0 Å². The van der Waals surface area contributed by atoms with Gasteiger partial charge in [-0.1, -0.05) is 66.7 Å². The highest BCUT2D eigenvalue weighted by Crippen LogP contribution is 2.18. The highest BCUT2D eigenvalue weighted by atomic mass is 16.5. The van der Waals surface area contributed by atoms with Gasteiger partial charge in [-0.2, -0.15) is 0 Å². The maximum atomic E-state index is 13.3. The molecule has 0 aliphatic heterocycles. The van der Waals surface area contributed by atoms with Crippen LogP contribution in [0.1, 0.15) is 22.3 Å². The molecular weight excluding hydrogens is 400 g/mol. The number of carbonyl (C=O) groups is 2. The number of amides is 2. The van der Waals surface area contributed by atoms with Crippen molar-refractivity contribution in [1.29, 1.82) is 0 Å². The standard InChI is InChI=1S/C27H30N2O3/c1-20-14-15-24(16-21(20)2)32-19-26(30)29(18-23-12-8-5-9-13-23)25(27(31)28-3)17-22-10-6-4-7-11-22/h4-16,25H,17-19H2,1-3H3,(H,28,31). The lowest BCUT2D eigenvalue weighted by molar-refractivity contribution is -0.142. The molecule has 2 amide bonds. The largest absolute Gasteiger partial charge is 0.484 e. The predicted octanol–water partition coefficient (Wildman–Crippen LogP) is 4.07. The van der Waals surface area contributed by atoms with Gasteiger partial charge in [0.25, 0.3) is 5.91 Å². The SMILES string of the molecule is CNC(=O)C(Cc1ccccc1)N(Cc1ccccc1)C(=O)COc1ccc(C)c(C)c1.